The molecule has 2 heterocycles. The van der Waals surface area contributed by atoms with Crippen molar-refractivity contribution >= 4 is 27.6 Å². The van der Waals surface area contributed by atoms with Gasteiger partial charge < -0.3 is 14.8 Å². The van der Waals surface area contributed by atoms with Crippen LogP contribution in [0.3, 0.4) is 0 Å². The Morgan fingerprint density at radius 3 is 2.20 bits per heavy atom. The first-order valence-corrected chi connectivity index (χ1v) is 16.9. The molecule has 46 heavy (non-hydrogen) atoms. The van der Waals surface area contributed by atoms with Crippen molar-refractivity contribution in [3.05, 3.63) is 89.6 Å². The van der Waals surface area contributed by atoms with Gasteiger partial charge in [0.2, 0.25) is 10.0 Å². The standard InChI is InChI=1S/C35H43N5O5S/c1-24-7-13-28(14-8-24)40-33(23-32(38-40)35(2,3)4)37-34(41)36-27-11-9-25(10-12-27)21-26-17-19-39(20-18-26)46(42,43)31-22-29(44-5)15-16-30(31)45-6/h7-16,22-23,26H,17-21H2,1-6H3,(H2,36,37,41). The van der Waals surface area contributed by atoms with Crippen LogP contribution in [0, 0.1) is 12.8 Å². The SMILES string of the molecule is COc1ccc(OC)c(S(=O)(=O)N2CCC(Cc3ccc(NC(=O)Nc4cc(C(C)(C)C)nn4-c4ccc(C)cc4)cc3)CC2)c1. The van der Waals surface area contributed by atoms with Crippen LogP contribution in [-0.4, -0.2) is 55.8 Å². The zero-order valence-electron chi connectivity index (χ0n) is 27.3. The Bertz CT molecular complexity index is 1770. The molecule has 244 valence electrons. The summed E-state index contributed by atoms with van der Waals surface area (Å²) in [5.41, 5.74) is 4.50. The van der Waals surface area contributed by atoms with E-state index in [2.05, 4.69) is 31.4 Å². The van der Waals surface area contributed by atoms with Crippen LogP contribution in [0.25, 0.3) is 5.69 Å². The van der Waals surface area contributed by atoms with Crippen molar-refractivity contribution in [2.24, 2.45) is 5.92 Å². The first-order valence-electron chi connectivity index (χ1n) is 15.4. The number of ether oxygens (including phenoxy) is 2. The number of benzene rings is 3. The number of anilines is 2. The molecule has 10 nitrogen and oxygen atoms in total. The first kappa shape index (κ1) is 33.0. The van der Waals surface area contributed by atoms with E-state index < -0.39 is 10.0 Å². The molecule has 1 fully saturated rings. The van der Waals surface area contributed by atoms with Crippen molar-refractivity contribution < 1.29 is 22.7 Å². The van der Waals surface area contributed by atoms with Crippen molar-refractivity contribution in [3.63, 3.8) is 0 Å². The third kappa shape index (κ3) is 7.54. The van der Waals surface area contributed by atoms with Gasteiger partial charge in [0.15, 0.2) is 0 Å². The summed E-state index contributed by atoms with van der Waals surface area (Å²) < 4.78 is 40.7. The van der Waals surface area contributed by atoms with Crippen LogP contribution in [-0.2, 0) is 21.9 Å². The molecule has 0 unspecified atom stereocenters. The fourth-order valence-electron chi connectivity index (χ4n) is 5.53. The molecule has 1 aliphatic rings. The van der Waals surface area contributed by atoms with Gasteiger partial charge in [-0.15, -0.1) is 0 Å². The molecule has 11 heteroatoms. The Hall–Kier alpha value is -4.35. The molecule has 0 radical (unpaired) electrons. The molecular weight excluding hydrogens is 602 g/mol. The number of hydrogen-bond donors (Lipinski definition) is 2. The quantitative estimate of drug-likeness (QED) is 0.207. The molecule has 1 aromatic heterocycles. The highest BCUT2D eigenvalue weighted by molar-refractivity contribution is 7.89. The van der Waals surface area contributed by atoms with E-state index in [1.165, 1.54) is 24.6 Å². The maximum absolute atomic E-state index is 13.4. The Morgan fingerprint density at radius 2 is 1.59 bits per heavy atom. The van der Waals surface area contributed by atoms with Gasteiger partial charge >= 0.3 is 6.03 Å². The summed E-state index contributed by atoms with van der Waals surface area (Å²) in [5, 5.41) is 10.7. The van der Waals surface area contributed by atoms with Gasteiger partial charge in [-0.2, -0.15) is 9.40 Å². The minimum Gasteiger partial charge on any atom is -0.497 e. The van der Waals surface area contributed by atoms with Crippen molar-refractivity contribution in [2.75, 3.05) is 37.9 Å². The third-order valence-corrected chi connectivity index (χ3v) is 10.2. The average molecular weight is 646 g/mol. The molecule has 2 amide bonds. The van der Waals surface area contributed by atoms with E-state index in [4.69, 9.17) is 14.6 Å². The van der Waals surface area contributed by atoms with Gasteiger partial charge in [-0.05, 0) is 74.1 Å². The molecule has 1 aliphatic heterocycles. The minimum absolute atomic E-state index is 0.120. The number of hydrogen-bond acceptors (Lipinski definition) is 6. The molecule has 0 bridgehead atoms. The number of aromatic nitrogens is 2. The summed E-state index contributed by atoms with van der Waals surface area (Å²) in [7, 11) is -0.753. The normalized spacial score (nSPS) is 14.6. The fraction of sp³-hybridized carbons (Fsp3) is 0.371. The smallest absolute Gasteiger partial charge is 0.324 e. The Balaban J connectivity index is 1.18. The van der Waals surface area contributed by atoms with Crippen molar-refractivity contribution in [1.82, 2.24) is 14.1 Å². The predicted octanol–water partition coefficient (Wildman–Crippen LogP) is 6.78. The number of nitrogens with one attached hydrogen (secondary N) is 2. The molecule has 1 saturated heterocycles. The fourth-order valence-corrected chi connectivity index (χ4v) is 7.17. The number of amides is 2. The molecule has 0 spiro atoms. The number of methoxy groups -OCH3 is 2. The van der Waals surface area contributed by atoms with Crippen LogP contribution >= 0.6 is 0 Å². The van der Waals surface area contributed by atoms with E-state index in [1.807, 2.05) is 61.5 Å². The third-order valence-electron chi connectivity index (χ3n) is 8.30. The Kier molecular flexibility index (Phi) is 9.74. The van der Waals surface area contributed by atoms with E-state index in [-0.39, 0.29) is 16.3 Å². The van der Waals surface area contributed by atoms with Crippen molar-refractivity contribution in [3.8, 4) is 17.2 Å². The van der Waals surface area contributed by atoms with Crippen LogP contribution < -0.4 is 20.1 Å². The largest absolute Gasteiger partial charge is 0.497 e. The van der Waals surface area contributed by atoms with E-state index in [0.29, 0.717) is 42.0 Å². The number of piperidine rings is 1. The second-order valence-electron chi connectivity index (χ2n) is 12.8. The van der Waals surface area contributed by atoms with Gasteiger partial charge in [0.1, 0.15) is 22.2 Å². The summed E-state index contributed by atoms with van der Waals surface area (Å²) in [5.74, 6) is 1.70. The molecule has 0 saturated carbocycles. The summed E-state index contributed by atoms with van der Waals surface area (Å²) in [6.07, 6.45) is 2.33. The zero-order chi connectivity index (χ0) is 33.1. The predicted molar refractivity (Wildman–Crippen MR) is 181 cm³/mol. The van der Waals surface area contributed by atoms with Gasteiger partial charge in [0, 0.05) is 36.3 Å². The Morgan fingerprint density at radius 1 is 0.913 bits per heavy atom. The van der Waals surface area contributed by atoms with Gasteiger partial charge in [0.25, 0.3) is 0 Å². The van der Waals surface area contributed by atoms with Crippen LogP contribution in [0.5, 0.6) is 11.5 Å². The minimum atomic E-state index is -3.72. The van der Waals surface area contributed by atoms with E-state index in [0.717, 1.165) is 41.8 Å². The second-order valence-corrected chi connectivity index (χ2v) is 14.7. The summed E-state index contributed by atoms with van der Waals surface area (Å²) in [6, 6.07) is 22.2. The van der Waals surface area contributed by atoms with Gasteiger partial charge in [-0.1, -0.05) is 50.6 Å². The number of aryl methyl sites for hydroxylation is 1. The molecule has 5 rings (SSSR count). The van der Waals surface area contributed by atoms with E-state index >= 15 is 0 Å². The molecule has 4 aromatic rings. The number of urea groups is 1. The lowest BCUT2D eigenvalue weighted by atomic mass is 9.91. The maximum atomic E-state index is 13.4. The molecule has 0 aliphatic carbocycles. The highest BCUT2D eigenvalue weighted by Crippen LogP contribution is 2.33. The molecule has 2 N–H and O–H groups in total. The van der Waals surface area contributed by atoms with Crippen LogP contribution in [0.4, 0.5) is 16.3 Å². The number of carbonyl (C=O) groups is 1. The number of carbonyl (C=O) groups excluding carboxylic acids is 1. The van der Waals surface area contributed by atoms with Crippen LogP contribution in [0.2, 0.25) is 0 Å². The van der Waals surface area contributed by atoms with Gasteiger partial charge in [-0.25, -0.2) is 17.9 Å². The molecule has 0 atom stereocenters. The van der Waals surface area contributed by atoms with Crippen LogP contribution in [0.15, 0.2) is 77.7 Å². The van der Waals surface area contributed by atoms with E-state index in [9.17, 15) is 13.2 Å². The highest BCUT2D eigenvalue weighted by Gasteiger charge is 2.32. The summed E-state index contributed by atoms with van der Waals surface area (Å²) >= 11 is 0. The van der Waals surface area contributed by atoms with Crippen molar-refractivity contribution in [2.45, 2.75) is 57.3 Å². The highest BCUT2D eigenvalue weighted by atomic mass is 32.2. The maximum Gasteiger partial charge on any atom is 0.324 e. The number of rotatable bonds is 9. The van der Waals surface area contributed by atoms with E-state index in [1.54, 1.807) is 16.8 Å². The summed E-state index contributed by atoms with van der Waals surface area (Å²) in [4.78, 5) is 13.2. The lowest BCUT2D eigenvalue weighted by Crippen LogP contribution is -2.39. The summed E-state index contributed by atoms with van der Waals surface area (Å²) in [6.45, 7) is 9.16. The lowest BCUT2D eigenvalue weighted by molar-refractivity contribution is 0.262. The van der Waals surface area contributed by atoms with Crippen molar-refractivity contribution in [1.29, 1.82) is 0 Å². The number of sulfonamides is 1. The number of nitrogens with zero attached hydrogens (tertiary/aromatic N) is 3. The second kappa shape index (κ2) is 13.6. The molecule has 3 aromatic carbocycles. The lowest BCUT2D eigenvalue weighted by Gasteiger charge is -2.31. The average Bonchev–Trinajstić information content (AvgIpc) is 3.46. The van der Waals surface area contributed by atoms with Gasteiger partial charge in [0.05, 0.1) is 25.6 Å². The van der Waals surface area contributed by atoms with Crippen LogP contribution in [0.1, 0.15) is 50.4 Å². The van der Waals surface area contributed by atoms with Gasteiger partial charge in [-0.3, -0.25) is 5.32 Å². The zero-order valence-corrected chi connectivity index (χ0v) is 28.1. The Labute approximate surface area is 271 Å². The monoisotopic (exact) mass is 645 g/mol. The molecular formula is C35H43N5O5S. The first-order chi connectivity index (χ1) is 21.9. The topological polar surface area (TPSA) is 115 Å².